The van der Waals surface area contributed by atoms with E-state index < -0.39 is 0 Å². The van der Waals surface area contributed by atoms with Crippen molar-refractivity contribution in [2.45, 2.75) is 26.7 Å². The lowest BCUT2D eigenvalue weighted by Crippen LogP contribution is -2.02. The molecule has 0 fully saturated rings. The Morgan fingerprint density at radius 2 is 2.36 bits per heavy atom. The molecule has 0 aromatic heterocycles. The molecule has 0 aromatic rings. The first-order valence-corrected chi connectivity index (χ1v) is 3.86. The zero-order chi connectivity index (χ0) is 8.69. The predicted molar refractivity (Wildman–Crippen MR) is 49.6 cm³/mol. The maximum atomic E-state index is 8.48. The van der Waals surface area contributed by atoms with Crippen LogP contribution in [0.4, 0.5) is 0 Å². The van der Waals surface area contributed by atoms with Crippen molar-refractivity contribution in [1.29, 1.82) is 0 Å². The smallest absolute Gasteiger partial charge is 0.195 e. The van der Waals surface area contributed by atoms with E-state index in [9.17, 15) is 0 Å². The lowest BCUT2D eigenvalue weighted by atomic mass is 10.0. The monoisotopic (exact) mass is 151 g/mol. The molecule has 1 atom stereocenters. The van der Waals surface area contributed by atoms with Crippen LogP contribution in [0.15, 0.2) is 5.16 Å². The van der Waals surface area contributed by atoms with Crippen LogP contribution in [0.1, 0.15) is 26.7 Å². The first-order valence-electron chi connectivity index (χ1n) is 3.86. The quantitative estimate of drug-likeness (QED) is 0.209. The predicted octanol–water partition coefficient (Wildman–Crippen LogP) is 0.847. The summed E-state index contributed by atoms with van der Waals surface area (Å²) in [6, 6.07) is 0. The van der Waals surface area contributed by atoms with Crippen LogP contribution in [0.5, 0.6) is 0 Å². The first kappa shape index (κ1) is 10.1. The molecule has 2 nitrogen and oxygen atoms in total. The van der Waals surface area contributed by atoms with E-state index >= 15 is 0 Å². The van der Waals surface area contributed by atoms with Crippen molar-refractivity contribution in [1.82, 2.24) is 0 Å². The van der Waals surface area contributed by atoms with Crippen LogP contribution in [0.25, 0.3) is 0 Å². The third-order valence-corrected chi connectivity index (χ3v) is 1.48. The van der Waals surface area contributed by atoms with Gasteiger partial charge in [0, 0.05) is 12.3 Å². The van der Waals surface area contributed by atoms with E-state index in [1.807, 2.05) is 21.7 Å². The van der Waals surface area contributed by atoms with Gasteiger partial charge in [-0.25, -0.2) is 0 Å². The molecule has 1 N–H and O–H groups in total. The summed E-state index contributed by atoms with van der Waals surface area (Å²) in [4.78, 5) is 0. The summed E-state index contributed by atoms with van der Waals surface area (Å²) < 4.78 is 0. The van der Waals surface area contributed by atoms with Gasteiger partial charge in [0.1, 0.15) is 0 Å². The Morgan fingerprint density at radius 1 is 1.73 bits per heavy atom. The Bertz CT molecular complexity index is 190. The van der Waals surface area contributed by atoms with Crippen LogP contribution in [-0.2, 0) is 0 Å². The largest absolute Gasteiger partial charge is 0.411 e. The highest BCUT2D eigenvalue weighted by Crippen LogP contribution is 2.03. The second kappa shape index (κ2) is 5.85. The molecule has 0 aliphatic rings. The van der Waals surface area contributed by atoms with Gasteiger partial charge in [0.05, 0.1) is 5.71 Å². The number of nitrogens with zero attached hydrogens (tertiary/aromatic N) is 1. The van der Waals surface area contributed by atoms with Gasteiger partial charge >= 0.3 is 0 Å². The molecule has 0 saturated heterocycles. The number of hydrogen-bond acceptors (Lipinski definition) is 2. The van der Waals surface area contributed by atoms with Crippen LogP contribution in [0.3, 0.4) is 0 Å². The van der Waals surface area contributed by atoms with Gasteiger partial charge in [-0.2, -0.15) is 5.82 Å². The van der Waals surface area contributed by atoms with Gasteiger partial charge in [-0.1, -0.05) is 19.0 Å². The second-order valence-electron chi connectivity index (χ2n) is 2.52. The molecule has 0 amide bonds. The SMILES string of the molecule is BC#CC(C)C/C(CC)=N/O. The van der Waals surface area contributed by atoms with Crippen molar-refractivity contribution in [2.75, 3.05) is 0 Å². The molecule has 11 heavy (non-hydrogen) atoms. The Morgan fingerprint density at radius 3 is 2.73 bits per heavy atom. The van der Waals surface area contributed by atoms with Crippen LogP contribution in [0.2, 0.25) is 0 Å². The van der Waals surface area contributed by atoms with Gasteiger partial charge in [0.25, 0.3) is 0 Å². The maximum absolute atomic E-state index is 8.48. The number of hydrogen-bond donors (Lipinski definition) is 1. The van der Waals surface area contributed by atoms with E-state index in [-0.39, 0.29) is 0 Å². The average Bonchev–Trinajstić information content (AvgIpc) is 2.01. The fraction of sp³-hybridized carbons (Fsp3) is 0.625. The lowest BCUT2D eigenvalue weighted by molar-refractivity contribution is 0.315. The molecule has 0 heterocycles. The summed E-state index contributed by atoms with van der Waals surface area (Å²) in [5, 5.41) is 11.7. The molecule has 0 radical (unpaired) electrons. The van der Waals surface area contributed by atoms with Gasteiger partial charge < -0.3 is 5.21 Å². The fourth-order valence-corrected chi connectivity index (χ4v) is 0.907. The Balaban J connectivity index is 3.88. The Hall–Kier alpha value is -0.905. The van der Waals surface area contributed by atoms with E-state index in [2.05, 4.69) is 16.9 Å². The van der Waals surface area contributed by atoms with Crippen molar-refractivity contribution >= 4 is 13.6 Å². The molecule has 3 heteroatoms. The van der Waals surface area contributed by atoms with E-state index in [1.165, 1.54) is 0 Å². The van der Waals surface area contributed by atoms with Crippen LogP contribution in [-0.4, -0.2) is 18.8 Å². The van der Waals surface area contributed by atoms with E-state index in [0.717, 1.165) is 18.6 Å². The van der Waals surface area contributed by atoms with E-state index in [4.69, 9.17) is 5.21 Å². The normalized spacial score (nSPS) is 13.5. The minimum atomic E-state index is 0.297. The fourth-order valence-electron chi connectivity index (χ4n) is 0.907. The molecule has 0 aromatic carbocycles. The molecule has 0 aliphatic carbocycles. The van der Waals surface area contributed by atoms with Crippen molar-refractivity contribution in [3.8, 4) is 11.7 Å². The second-order valence-corrected chi connectivity index (χ2v) is 2.52. The van der Waals surface area contributed by atoms with Crippen molar-refractivity contribution in [3.63, 3.8) is 0 Å². The lowest BCUT2D eigenvalue weighted by Gasteiger charge is -2.02. The molecule has 0 spiro atoms. The van der Waals surface area contributed by atoms with Gasteiger partial charge in [-0.3, -0.25) is 0 Å². The summed E-state index contributed by atoms with van der Waals surface area (Å²) in [7, 11) is 1.82. The molecule has 60 valence electrons. The van der Waals surface area contributed by atoms with Crippen molar-refractivity contribution in [3.05, 3.63) is 0 Å². The molecule has 0 bridgehead atoms. The van der Waals surface area contributed by atoms with Crippen LogP contribution in [0, 0.1) is 17.7 Å². The highest BCUT2D eigenvalue weighted by Gasteiger charge is 2.02. The maximum Gasteiger partial charge on any atom is 0.195 e. The van der Waals surface area contributed by atoms with Gasteiger partial charge in [-0.05, 0) is 6.42 Å². The van der Waals surface area contributed by atoms with E-state index in [1.54, 1.807) is 0 Å². The van der Waals surface area contributed by atoms with E-state index in [0.29, 0.717) is 5.92 Å². The number of oxime groups is 1. The van der Waals surface area contributed by atoms with Crippen LogP contribution < -0.4 is 0 Å². The zero-order valence-electron chi connectivity index (χ0n) is 7.39. The average molecular weight is 151 g/mol. The molecule has 1 unspecified atom stereocenters. The van der Waals surface area contributed by atoms with Crippen molar-refractivity contribution in [2.24, 2.45) is 11.1 Å². The molecular weight excluding hydrogens is 137 g/mol. The highest BCUT2D eigenvalue weighted by atomic mass is 16.4. The van der Waals surface area contributed by atoms with Gasteiger partial charge in [0.15, 0.2) is 7.85 Å². The topological polar surface area (TPSA) is 32.6 Å². The standard InChI is InChI=1S/C8H14BNO/c1-3-8(10-11)6-7(2)4-5-9/h7,11H,3,6,9H2,1-2H3/b10-8+. The Kier molecular flexibility index (Phi) is 5.37. The highest BCUT2D eigenvalue weighted by molar-refractivity contribution is 6.22. The minimum Gasteiger partial charge on any atom is -0.411 e. The summed E-state index contributed by atoms with van der Waals surface area (Å²) in [5.74, 6) is 6.13. The van der Waals surface area contributed by atoms with Crippen molar-refractivity contribution < 1.29 is 5.21 Å². The summed E-state index contributed by atoms with van der Waals surface area (Å²) in [5.41, 5.74) is 0.820. The van der Waals surface area contributed by atoms with Crippen LogP contribution >= 0.6 is 0 Å². The number of rotatable bonds is 3. The molecule has 0 saturated carbocycles. The zero-order valence-corrected chi connectivity index (χ0v) is 7.39. The molecular formula is C8H14BNO. The third-order valence-electron chi connectivity index (χ3n) is 1.48. The van der Waals surface area contributed by atoms with Gasteiger partial charge in [-0.15, -0.1) is 5.92 Å². The van der Waals surface area contributed by atoms with Gasteiger partial charge in [0.2, 0.25) is 0 Å². The summed E-state index contributed by atoms with van der Waals surface area (Å²) in [6.45, 7) is 4.00. The Labute approximate surface area is 69.1 Å². The minimum absolute atomic E-state index is 0.297. The summed E-state index contributed by atoms with van der Waals surface area (Å²) in [6.07, 6.45) is 1.57. The summed E-state index contributed by atoms with van der Waals surface area (Å²) >= 11 is 0. The molecule has 0 aliphatic heterocycles. The first-order chi connectivity index (χ1) is 5.24. The third kappa shape index (κ3) is 4.49. The molecule has 0 rings (SSSR count).